The fourth-order valence-electron chi connectivity index (χ4n) is 5.20. The van der Waals surface area contributed by atoms with Crippen molar-refractivity contribution in [3.8, 4) is 0 Å². The molecule has 0 saturated carbocycles. The Bertz CT molecular complexity index is 1340. The number of pyridine rings is 1. The minimum atomic E-state index is -0.416. The number of nitro benzene ring substituents is 1. The number of hydrogen-bond acceptors (Lipinski definition) is 6. The molecule has 0 spiro atoms. The van der Waals surface area contributed by atoms with E-state index in [-0.39, 0.29) is 24.0 Å². The van der Waals surface area contributed by atoms with Crippen LogP contribution in [0.25, 0.3) is 10.8 Å². The number of carbonyl (C=O) groups is 2. The molecule has 1 aromatic heterocycles. The molecule has 0 unspecified atom stereocenters. The zero-order valence-corrected chi connectivity index (χ0v) is 22.0. The molecule has 5 rings (SSSR count). The summed E-state index contributed by atoms with van der Waals surface area (Å²) in [6.07, 6.45) is 6.34. The van der Waals surface area contributed by atoms with E-state index < -0.39 is 4.92 Å². The van der Waals surface area contributed by atoms with Crippen molar-refractivity contribution in [1.82, 2.24) is 19.7 Å². The van der Waals surface area contributed by atoms with Gasteiger partial charge in [-0.15, -0.1) is 0 Å². The lowest BCUT2D eigenvalue weighted by molar-refractivity contribution is -0.385. The molecule has 3 heterocycles. The first-order valence-electron chi connectivity index (χ1n) is 12.5. The van der Waals surface area contributed by atoms with Crippen molar-refractivity contribution in [2.75, 3.05) is 39.3 Å². The molecule has 0 N–H and O–H groups in total. The van der Waals surface area contributed by atoms with E-state index in [4.69, 9.17) is 0 Å². The molecule has 192 valence electrons. The SMILES string of the molecule is O=C(c1cc(Br)cc([N+](=O)[O-])c1CN1CCN(C(=O)c2cncc3ccccc23)CC1)N1CCCCC1. The highest BCUT2D eigenvalue weighted by Crippen LogP contribution is 2.31. The fraction of sp³-hybridized carbons (Fsp3) is 0.370. The van der Waals surface area contributed by atoms with Gasteiger partial charge in [0.2, 0.25) is 0 Å². The Morgan fingerprint density at radius 3 is 2.30 bits per heavy atom. The predicted molar refractivity (Wildman–Crippen MR) is 143 cm³/mol. The van der Waals surface area contributed by atoms with Crippen LogP contribution >= 0.6 is 15.9 Å². The second-order valence-corrected chi connectivity index (χ2v) is 10.5. The number of nitrogens with zero attached hydrogens (tertiary/aromatic N) is 5. The Morgan fingerprint density at radius 2 is 1.57 bits per heavy atom. The zero-order chi connectivity index (χ0) is 25.9. The minimum Gasteiger partial charge on any atom is -0.339 e. The van der Waals surface area contributed by atoms with E-state index in [0.29, 0.717) is 60.4 Å². The summed E-state index contributed by atoms with van der Waals surface area (Å²) in [6.45, 7) is 3.69. The van der Waals surface area contributed by atoms with Gasteiger partial charge in [-0.25, -0.2) is 0 Å². The molecular formula is C27H28BrN5O4. The van der Waals surface area contributed by atoms with E-state index in [1.807, 2.05) is 24.3 Å². The Labute approximate surface area is 223 Å². The number of piperazine rings is 1. The van der Waals surface area contributed by atoms with Gasteiger partial charge in [0, 0.05) is 74.1 Å². The van der Waals surface area contributed by atoms with Crippen LogP contribution in [0.1, 0.15) is 45.5 Å². The molecule has 2 amide bonds. The Morgan fingerprint density at radius 1 is 0.892 bits per heavy atom. The van der Waals surface area contributed by atoms with E-state index in [0.717, 1.165) is 30.0 Å². The normalized spacial score (nSPS) is 16.7. The highest BCUT2D eigenvalue weighted by molar-refractivity contribution is 9.10. The summed E-state index contributed by atoms with van der Waals surface area (Å²) in [7, 11) is 0. The molecule has 2 aliphatic heterocycles. The summed E-state index contributed by atoms with van der Waals surface area (Å²) < 4.78 is 0.516. The third kappa shape index (κ3) is 5.35. The number of nitro groups is 1. The average molecular weight is 566 g/mol. The fourth-order valence-corrected chi connectivity index (χ4v) is 5.65. The van der Waals surface area contributed by atoms with E-state index in [1.54, 1.807) is 28.3 Å². The molecule has 9 nitrogen and oxygen atoms in total. The number of likely N-dealkylation sites (tertiary alicyclic amines) is 1. The lowest BCUT2D eigenvalue weighted by Crippen LogP contribution is -2.48. The molecule has 0 bridgehead atoms. The van der Waals surface area contributed by atoms with E-state index in [9.17, 15) is 19.7 Å². The van der Waals surface area contributed by atoms with Crippen LogP contribution in [0.15, 0.2) is 53.3 Å². The van der Waals surface area contributed by atoms with Gasteiger partial charge >= 0.3 is 0 Å². The van der Waals surface area contributed by atoms with Crippen LogP contribution in [0, 0.1) is 10.1 Å². The molecule has 2 aromatic carbocycles. The van der Waals surface area contributed by atoms with Gasteiger partial charge in [0.1, 0.15) is 0 Å². The molecule has 0 aliphatic carbocycles. The number of halogens is 1. The van der Waals surface area contributed by atoms with Crippen molar-refractivity contribution in [3.63, 3.8) is 0 Å². The molecule has 2 saturated heterocycles. The Hall–Kier alpha value is -3.37. The smallest absolute Gasteiger partial charge is 0.275 e. The van der Waals surface area contributed by atoms with Gasteiger partial charge in [0.25, 0.3) is 17.5 Å². The van der Waals surface area contributed by atoms with E-state index >= 15 is 0 Å². The molecule has 3 aromatic rings. The number of carbonyl (C=O) groups excluding carboxylic acids is 2. The molecule has 2 fully saturated rings. The number of benzene rings is 2. The summed E-state index contributed by atoms with van der Waals surface area (Å²) in [5, 5.41) is 13.7. The lowest BCUT2D eigenvalue weighted by atomic mass is 10.0. The second kappa shape index (κ2) is 10.9. The van der Waals surface area contributed by atoms with Gasteiger partial charge in [0.15, 0.2) is 0 Å². The van der Waals surface area contributed by atoms with Crippen LogP contribution in [0.2, 0.25) is 0 Å². The maximum absolute atomic E-state index is 13.4. The maximum Gasteiger partial charge on any atom is 0.275 e. The first kappa shape index (κ1) is 25.3. The number of hydrogen-bond donors (Lipinski definition) is 0. The molecule has 37 heavy (non-hydrogen) atoms. The van der Waals surface area contributed by atoms with Gasteiger partial charge in [-0.05, 0) is 30.7 Å². The highest BCUT2D eigenvalue weighted by atomic mass is 79.9. The van der Waals surface area contributed by atoms with Crippen molar-refractivity contribution in [2.24, 2.45) is 0 Å². The van der Waals surface area contributed by atoms with Crippen molar-refractivity contribution < 1.29 is 14.5 Å². The Kier molecular flexibility index (Phi) is 7.48. The van der Waals surface area contributed by atoms with Crippen molar-refractivity contribution in [1.29, 1.82) is 0 Å². The van der Waals surface area contributed by atoms with Crippen LogP contribution in [-0.2, 0) is 6.54 Å². The number of amides is 2. The van der Waals surface area contributed by atoms with Gasteiger partial charge in [-0.2, -0.15) is 0 Å². The molecular weight excluding hydrogens is 538 g/mol. The van der Waals surface area contributed by atoms with Crippen molar-refractivity contribution in [2.45, 2.75) is 25.8 Å². The highest BCUT2D eigenvalue weighted by Gasteiger charge is 2.30. The Balaban J connectivity index is 1.34. The van der Waals surface area contributed by atoms with Crippen LogP contribution in [0.3, 0.4) is 0 Å². The van der Waals surface area contributed by atoms with E-state index in [1.165, 1.54) is 6.07 Å². The van der Waals surface area contributed by atoms with Crippen LogP contribution in [0.5, 0.6) is 0 Å². The predicted octanol–water partition coefficient (Wildman–Crippen LogP) is 4.49. The summed E-state index contributed by atoms with van der Waals surface area (Å²) >= 11 is 3.36. The average Bonchev–Trinajstić information content (AvgIpc) is 2.93. The quantitative estimate of drug-likeness (QED) is 0.334. The maximum atomic E-state index is 13.4. The summed E-state index contributed by atoms with van der Waals surface area (Å²) in [4.78, 5) is 48.2. The molecule has 0 atom stereocenters. The monoisotopic (exact) mass is 565 g/mol. The first-order chi connectivity index (χ1) is 17.9. The van der Waals surface area contributed by atoms with Gasteiger partial charge in [-0.1, -0.05) is 40.2 Å². The molecule has 2 aliphatic rings. The summed E-state index contributed by atoms with van der Waals surface area (Å²) in [5.41, 5.74) is 1.32. The summed E-state index contributed by atoms with van der Waals surface area (Å²) in [6, 6.07) is 10.9. The van der Waals surface area contributed by atoms with Crippen molar-refractivity contribution >= 4 is 44.2 Å². The van der Waals surface area contributed by atoms with E-state index in [2.05, 4.69) is 25.8 Å². The number of piperidine rings is 1. The minimum absolute atomic E-state index is 0.0601. The number of fused-ring (bicyclic) bond motifs is 1. The van der Waals surface area contributed by atoms with Crippen LogP contribution in [0.4, 0.5) is 5.69 Å². The number of aromatic nitrogens is 1. The first-order valence-corrected chi connectivity index (χ1v) is 13.3. The molecule has 0 radical (unpaired) electrons. The third-order valence-electron chi connectivity index (χ3n) is 7.20. The lowest BCUT2D eigenvalue weighted by Gasteiger charge is -2.35. The van der Waals surface area contributed by atoms with Gasteiger partial charge in [0.05, 0.1) is 21.6 Å². The van der Waals surface area contributed by atoms with Crippen molar-refractivity contribution in [3.05, 3.63) is 80.1 Å². The second-order valence-electron chi connectivity index (χ2n) is 9.54. The zero-order valence-electron chi connectivity index (χ0n) is 20.4. The number of rotatable bonds is 5. The third-order valence-corrected chi connectivity index (χ3v) is 7.66. The van der Waals surface area contributed by atoms with Crippen LogP contribution < -0.4 is 0 Å². The summed E-state index contributed by atoms with van der Waals surface area (Å²) in [5.74, 6) is -0.226. The van der Waals surface area contributed by atoms with Crippen LogP contribution in [-0.4, -0.2) is 75.7 Å². The van der Waals surface area contributed by atoms with Gasteiger partial charge in [-0.3, -0.25) is 29.6 Å². The molecule has 10 heteroatoms. The largest absolute Gasteiger partial charge is 0.339 e. The standard InChI is InChI=1S/C27H28BrN5O4/c28-20-14-22(26(34)31-8-4-1-5-9-31)24(25(15-20)33(36)37)18-30-10-12-32(13-11-30)27(35)23-17-29-16-19-6-2-3-7-21(19)23/h2-3,6-7,14-17H,1,4-5,8-13,18H2. The topological polar surface area (TPSA) is 99.9 Å². The van der Waals surface area contributed by atoms with Gasteiger partial charge < -0.3 is 9.80 Å².